The van der Waals surface area contributed by atoms with Crippen molar-refractivity contribution in [1.82, 2.24) is 10.6 Å². The van der Waals surface area contributed by atoms with Crippen molar-refractivity contribution in [1.29, 1.82) is 0 Å². The van der Waals surface area contributed by atoms with Crippen LogP contribution >= 0.6 is 0 Å². The Kier molecular flexibility index (Phi) is 6.56. The van der Waals surface area contributed by atoms with Gasteiger partial charge in [0.2, 0.25) is 0 Å². The van der Waals surface area contributed by atoms with Crippen molar-refractivity contribution in [2.75, 3.05) is 26.3 Å². The van der Waals surface area contributed by atoms with Crippen LogP contribution in [0.15, 0.2) is 60.7 Å². The van der Waals surface area contributed by atoms with Crippen LogP contribution in [0.1, 0.15) is 17.2 Å². The average molecular weight is 340 g/mol. The first-order valence-electron chi connectivity index (χ1n) is 8.62. The lowest BCUT2D eigenvalue weighted by Gasteiger charge is -2.26. The van der Waals surface area contributed by atoms with Gasteiger partial charge in [0.15, 0.2) is 0 Å². The summed E-state index contributed by atoms with van der Waals surface area (Å²) in [7, 11) is 0. The maximum absolute atomic E-state index is 12.5. The summed E-state index contributed by atoms with van der Waals surface area (Å²) in [5.74, 6) is -0.107. The molecule has 3 rings (SSSR count). The summed E-state index contributed by atoms with van der Waals surface area (Å²) in [5.41, 5.74) is 2.13. The standard InChI is InChI=1S/C20H24N2O3/c23-20(19-13-21-11-12-25-19)22-18(17-9-5-2-6-10-17)15-24-14-16-7-3-1-4-8-16/h1-10,18-19,21H,11-15H2,(H,22,23)/t18-,19-/m1/s1. The van der Waals surface area contributed by atoms with E-state index in [2.05, 4.69) is 10.6 Å². The molecular weight excluding hydrogens is 316 g/mol. The molecule has 1 fully saturated rings. The first-order chi connectivity index (χ1) is 12.3. The minimum absolute atomic E-state index is 0.107. The van der Waals surface area contributed by atoms with Crippen molar-refractivity contribution in [2.45, 2.75) is 18.8 Å². The van der Waals surface area contributed by atoms with E-state index in [9.17, 15) is 4.79 Å². The lowest BCUT2D eigenvalue weighted by atomic mass is 10.1. The maximum Gasteiger partial charge on any atom is 0.251 e. The molecule has 2 aromatic rings. The number of amides is 1. The summed E-state index contributed by atoms with van der Waals surface area (Å²) in [5, 5.41) is 6.24. The van der Waals surface area contributed by atoms with Gasteiger partial charge in [-0.1, -0.05) is 60.7 Å². The Bertz CT molecular complexity index is 643. The van der Waals surface area contributed by atoms with E-state index in [-0.39, 0.29) is 11.9 Å². The monoisotopic (exact) mass is 340 g/mol. The highest BCUT2D eigenvalue weighted by Gasteiger charge is 2.24. The van der Waals surface area contributed by atoms with Crippen LogP contribution in [0.5, 0.6) is 0 Å². The molecule has 5 nitrogen and oxygen atoms in total. The second-order valence-corrected chi connectivity index (χ2v) is 6.04. The SMILES string of the molecule is O=C(N[C@H](COCc1ccccc1)c1ccccc1)[C@H]1CNCCO1. The Labute approximate surface area is 148 Å². The zero-order valence-electron chi connectivity index (χ0n) is 14.2. The molecule has 0 spiro atoms. The van der Waals surface area contributed by atoms with Crippen molar-refractivity contribution in [3.05, 3.63) is 71.8 Å². The lowest BCUT2D eigenvalue weighted by Crippen LogP contribution is -2.49. The van der Waals surface area contributed by atoms with E-state index < -0.39 is 6.10 Å². The number of nitrogens with one attached hydrogen (secondary N) is 2. The first kappa shape index (κ1) is 17.6. The molecule has 2 atom stereocenters. The van der Waals surface area contributed by atoms with Crippen molar-refractivity contribution < 1.29 is 14.3 Å². The molecular formula is C20H24N2O3. The molecule has 0 aromatic heterocycles. The molecule has 0 saturated carbocycles. The fourth-order valence-corrected chi connectivity index (χ4v) is 2.77. The lowest BCUT2D eigenvalue weighted by molar-refractivity contribution is -0.135. The number of hydrogen-bond acceptors (Lipinski definition) is 4. The van der Waals surface area contributed by atoms with Gasteiger partial charge in [-0.2, -0.15) is 0 Å². The van der Waals surface area contributed by atoms with Crippen LogP contribution in [0, 0.1) is 0 Å². The second-order valence-electron chi connectivity index (χ2n) is 6.04. The van der Waals surface area contributed by atoms with Gasteiger partial charge in [0, 0.05) is 13.1 Å². The van der Waals surface area contributed by atoms with Gasteiger partial charge in [-0.05, 0) is 11.1 Å². The third kappa shape index (κ3) is 5.39. The van der Waals surface area contributed by atoms with Gasteiger partial charge in [-0.15, -0.1) is 0 Å². The number of morpholine rings is 1. The Balaban J connectivity index is 1.60. The van der Waals surface area contributed by atoms with E-state index in [1.807, 2.05) is 60.7 Å². The zero-order chi connectivity index (χ0) is 17.3. The van der Waals surface area contributed by atoms with Gasteiger partial charge in [0.1, 0.15) is 6.10 Å². The Morgan fingerprint density at radius 1 is 1.16 bits per heavy atom. The third-order valence-electron chi connectivity index (χ3n) is 4.13. The number of ether oxygens (including phenoxy) is 2. The minimum atomic E-state index is -0.450. The van der Waals surface area contributed by atoms with Crippen LogP contribution in [0.25, 0.3) is 0 Å². The second kappa shape index (κ2) is 9.32. The molecule has 132 valence electrons. The number of benzene rings is 2. The van der Waals surface area contributed by atoms with Crippen molar-refractivity contribution in [3.8, 4) is 0 Å². The van der Waals surface area contributed by atoms with Crippen molar-refractivity contribution in [2.24, 2.45) is 0 Å². The van der Waals surface area contributed by atoms with Crippen LogP contribution in [-0.4, -0.2) is 38.3 Å². The van der Waals surface area contributed by atoms with Crippen LogP contribution < -0.4 is 10.6 Å². The molecule has 0 radical (unpaired) electrons. The predicted octanol–water partition coefficient (Wildman–Crippen LogP) is 2.05. The largest absolute Gasteiger partial charge is 0.374 e. The summed E-state index contributed by atoms with van der Waals surface area (Å²) in [6.45, 7) is 2.80. The molecule has 0 bridgehead atoms. The molecule has 1 saturated heterocycles. The molecule has 1 aliphatic heterocycles. The van der Waals surface area contributed by atoms with Gasteiger partial charge in [0.25, 0.3) is 5.91 Å². The summed E-state index contributed by atoms with van der Waals surface area (Å²) in [6, 6.07) is 19.7. The van der Waals surface area contributed by atoms with E-state index in [0.29, 0.717) is 26.4 Å². The highest BCUT2D eigenvalue weighted by Crippen LogP contribution is 2.15. The molecule has 5 heteroatoms. The topological polar surface area (TPSA) is 59.6 Å². The zero-order valence-corrected chi connectivity index (χ0v) is 14.2. The Hall–Kier alpha value is -2.21. The van der Waals surface area contributed by atoms with Gasteiger partial charge in [-0.3, -0.25) is 4.79 Å². The van der Waals surface area contributed by atoms with Crippen molar-refractivity contribution >= 4 is 5.91 Å². The molecule has 2 aromatic carbocycles. The van der Waals surface area contributed by atoms with E-state index in [1.165, 1.54) is 0 Å². The Morgan fingerprint density at radius 3 is 2.56 bits per heavy atom. The van der Waals surface area contributed by atoms with Crippen LogP contribution in [0.4, 0.5) is 0 Å². The maximum atomic E-state index is 12.5. The Morgan fingerprint density at radius 2 is 1.88 bits per heavy atom. The van der Waals surface area contributed by atoms with E-state index in [0.717, 1.165) is 17.7 Å². The van der Waals surface area contributed by atoms with E-state index in [4.69, 9.17) is 9.47 Å². The molecule has 1 aliphatic rings. The summed E-state index contributed by atoms with van der Waals surface area (Å²) < 4.78 is 11.4. The predicted molar refractivity (Wildman–Crippen MR) is 96.0 cm³/mol. The number of carbonyl (C=O) groups excluding carboxylic acids is 1. The fraction of sp³-hybridized carbons (Fsp3) is 0.350. The highest BCUT2D eigenvalue weighted by atomic mass is 16.5. The van der Waals surface area contributed by atoms with E-state index in [1.54, 1.807) is 0 Å². The first-order valence-corrected chi connectivity index (χ1v) is 8.62. The number of rotatable bonds is 7. The average Bonchev–Trinajstić information content (AvgIpc) is 2.69. The number of carbonyl (C=O) groups is 1. The van der Waals surface area contributed by atoms with Crippen LogP contribution in [0.3, 0.4) is 0 Å². The van der Waals surface area contributed by atoms with Gasteiger partial charge >= 0.3 is 0 Å². The van der Waals surface area contributed by atoms with Gasteiger partial charge in [0.05, 0.1) is 25.9 Å². The third-order valence-corrected chi connectivity index (χ3v) is 4.13. The smallest absolute Gasteiger partial charge is 0.251 e. The quantitative estimate of drug-likeness (QED) is 0.810. The number of hydrogen-bond donors (Lipinski definition) is 2. The molecule has 0 unspecified atom stereocenters. The fourth-order valence-electron chi connectivity index (χ4n) is 2.77. The van der Waals surface area contributed by atoms with Crippen LogP contribution in [0.2, 0.25) is 0 Å². The molecule has 1 heterocycles. The molecule has 25 heavy (non-hydrogen) atoms. The molecule has 2 N–H and O–H groups in total. The highest BCUT2D eigenvalue weighted by molar-refractivity contribution is 5.81. The van der Waals surface area contributed by atoms with Crippen LogP contribution in [-0.2, 0) is 20.9 Å². The van der Waals surface area contributed by atoms with E-state index >= 15 is 0 Å². The van der Waals surface area contributed by atoms with Gasteiger partial charge < -0.3 is 20.1 Å². The summed E-state index contributed by atoms with van der Waals surface area (Å²) in [4.78, 5) is 12.5. The van der Waals surface area contributed by atoms with Crippen molar-refractivity contribution in [3.63, 3.8) is 0 Å². The normalized spacial score (nSPS) is 18.5. The summed E-state index contributed by atoms with van der Waals surface area (Å²) in [6.07, 6.45) is -0.450. The van der Waals surface area contributed by atoms with Gasteiger partial charge in [-0.25, -0.2) is 0 Å². The minimum Gasteiger partial charge on any atom is -0.374 e. The summed E-state index contributed by atoms with van der Waals surface area (Å²) >= 11 is 0. The molecule has 0 aliphatic carbocycles. The molecule has 1 amide bonds.